The molecule has 0 radical (unpaired) electrons. The third-order valence-electron chi connectivity index (χ3n) is 4.26. The van der Waals surface area contributed by atoms with Gasteiger partial charge in [0.15, 0.2) is 5.96 Å². The summed E-state index contributed by atoms with van der Waals surface area (Å²) in [7, 11) is 0. The van der Waals surface area contributed by atoms with E-state index in [2.05, 4.69) is 48.3 Å². The number of aliphatic imine (C=N–C) groups is 1. The van der Waals surface area contributed by atoms with E-state index in [9.17, 15) is 0 Å². The highest BCUT2D eigenvalue weighted by molar-refractivity contribution is 7.09. The zero-order valence-electron chi connectivity index (χ0n) is 15.1. The Balaban J connectivity index is 1.87. The van der Waals surface area contributed by atoms with Gasteiger partial charge in [0.2, 0.25) is 0 Å². The lowest BCUT2D eigenvalue weighted by Gasteiger charge is -2.22. The van der Waals surface area contributed by atoms with Crippen molar-refractivity contribution in [2.75, 3.05) is 26.2 Å². The maximum atomic E-state index is 4.84. The van der Waals surface area contributed by atoms with Crippen LogP contribution in [0.2, 0.25) is 0 Å². The van der Waals surface area contributed by atoms with Crippen molar-refractivity contribution in [1.82, 2.24) is 15.2 Å². The van der Waals surface area contributed by atoms with Crippen molar-refractivity contribution >= 4 is 17.3 Å². The van der Waals surface area contributed by atoms with Gasteiger partial charge in [0.1, 0.15) is 0 Å². The van der Waals surface area contributed by atoms with Crippen LogP contribution in [0.15, 0.2) is 10.4 Å². The molecule has 2 rings (SSSR count). The number of hydrogen-bond acceptors (Lipinski definition) is 3. The van der Waals surface area contributed by atoms with Crippen LogP contribution in [0.4, 0.5) is 0 Å². The molecule has 1 aliphatic heterocycles. The van der Waals surface area contributed by atoms with Crippen LogP contribution in [-0.4, -0.2) is 42.0 Å². The fourth-order valence-corrected chi connectivity index (χ4v) is 3.99. The molecule has 130 valence electrons. The minimum Gasteiger partial charge on any atom is -0.357 e. The van der Waals surface area contributed by atoms with E-state index >= 15 is 0 Å². The molecule has 0 aromatic carbocycles. The van der Waals surface area contributed by atoms with E-state index in [1.807, 2.05) is 0 Å². The van der Waals surface area contributed by atoms with Gasteiger partial charge in [0.05, 0.1) is 10.7 Å². The van der Waals surface area contributed by atoms with Crippen LogP contribution in [0.3, 0.4) is 0 Å². The summed E-state index contributed by atoms with van der Waals surface area (Å²) in [5.41, 5.74) is 1.19. The lowest BCUT2D eigenvalue weighted by atomic mass is 9.97. The molecule has 1 saturated heterocycles. The van der Waals surface area contributed by atoms with Crippen molar-refractivity contribution < 1.29 is 0 Å². The van der Waals surface area contributed by atoms with Crippen molar-refractivity contribution in [1.29, 1.82) is 0 Å². The third-order valence-corrected chi connectivity index (χ3v) is 5.30. The van der Waals surface area contributed by atoms with E-state index in [1.165, 1.54) is 23.5 Å². The topological polar surface area (TPSA) is 40.5 Å². The van der Waals surface area contributed by atoms with Gasteiger partial charge in [-0.2, -0.15) is 0 Å². The van der Waals surface area contributed by atoms with E-state index in [-0.39, 0.29) is 0 Å². The molecule has 0 spiro atoms. The van der Waals surface area contributed by atoms with Crippen LogP contribution in [0.5, 0.6) is 0 Å². The molecule has 0 amide bonds. The fraction of sp³-hybridized carbons (Fsp3) is 0.778. The zero-order chi connectivity index (χ0) is 16.7. The second-order valence-electron chi connectivity index (χ2n) is 6.80. The number of aromatic nitrogens is 1. The molecule has 1 aromatic heterocycles. The molecule has 1 N–H and O–H groups in total. The van der Waals surface area contributed by atoms with Gasteiger partial charge in [0.25, 0.3) is 0 Å². The number of hydrogen-bond donors (Lipinski definition) is 1. The lowest BCUT2D eigenvalue weighted by molar-refractivity contribution is 0.403. The first-order chi connectivity index (χ1) is 11.1. The first-order valence-electron chi connectivity index (χ1n) is 9.08. The Morgan fingerprint density at radius 2 is 2.30 bits per heavy atom. The van der Waals surface area contributed by atoms with Gasteiger partial charge in [-0.3, -0.25) is 4.99 Å². The average Bonchev–Trinajstić information content (AvgIpc) is 3.15. The Kier molecular flexibility index (Phi) is 7.34. The molecule has 0 aliphatic carbocycles. The number of guanidine groups is 1. The van der Waals surface area contributed by atoms with E-state index in [0.717, 1.165) is 56.8 Å². The highest BCUT2D eigenvalue weighted by atomic mass is 32.1. The van der Waals surface area contributed by atoms with Gasteiger partial charge in [-0.15, -0.1) is 11.3 Å². The predicted molar refractivity (Wildman–Crippen MR) is 100 cm³/mol. The van der Waals surface area contributed by atoms with Crippen LogP contribution >= 0.6 is 11.3 Å². The van der Waals surface area contributed by atoms with E-state index in [0.29, 0.717) is 0 Å². The molecular weight excluding hydrogens is 304 g/mol. The number of thiazole rings is 1. The SMILES string of the molecule is CCNC(=NCCc1csc(CC)n1)N1CCC(CC(C)C)C1. The highest BCUT2D eigenvalue weighted by Gasteiger charge is 2.25. The van der Waals surface area contributed by atoms with Gasteiger partial charge in [-0.1, -0.05) is 20.8 Å². The molecular formula is C18H32N4S. The van der Waals surface area contributed by atoms with Crippen LogP contribution in [0.1, 0.15) is 51.2 Å². The molecule has 1 unspecified atom stereocenters. The van der Waals surface area contributed by atoms with Crippen molar-refractivity contribution in [2.24, 2.45) is 16.8 Å². The number of nitrogens with one attached hydrogen (secondary N) is 1. The van der Waals surface area contributed by atoms with E-state index < -0.39 is 0 Å². The van der Waals surface area contributed by atoms with Crippen LogP contribution in [0, 0.1) is 11.8 Å². The Morgan fingerprint density at radius 3 is 2.96 bits per heavy atom. The number of rotatable bonds is 7. The average molecular weight is 337 g/mol. The van der Waals surface area contributed by atoms with Crippen LogP contribution in [0.25, 0.3) is 0 Å². The van der Waals surface area contributed by atoms with Crippen molar-refractivity contribution in [3.05, 3.63) is 16.1 Å². The molecule has 1 atom stereocenters. The molecule has 2 heterocycles. The monoisotopic (exact) mass is 336 g/mol. The number of likely N-dealkylation sites (tertiary alicyclic amines) is 1. The molecule has 1 aliphatic rings. The summed E-state index contributed by atoms with van der Waals surface area (Å²) in [6.45, 7) is 13.0. The van der Waals surface area contributed by atoms with Gasteiger partial charge < -0.3 is 10.2 Å². The normalized spacial score (nSPS) is 18.9. The highest BCUT2D eigenvalue weighted by Crippen LogP contribution is 2.23. The Bertz CT molecular complexity index is 495. The smallest absolute Gasteiger partial charge is 0.193 e. The second-order valence-corrected chi connectivity index (χ2v) is 7.74. The minimum atomic E-state index is 0.789. The van der Waals surface area contributed by atoms with E-state index in [4.69, 9.17) is 4.99 Å². The summed E-state index contributed by atoms with van der Waals surface area (Å²) >= 11 is 1.76. The summed E-state index contributed by atoms with van der Waals surface area (Å²) in [6.07, 6.45) is 4.60. The van der Waals surface area contributed by atoms with Crippen molar-refractivity contribution in [3.8, 4) is 0 Å². The summed E-state index contributed by atoms with van der Waals surface area (Å²) < 4.78 is 0. The summed E-state index contributed by atoms with van der Waals surface area (Å²) in [4.78, 5) is 11.9. The van der Waals surface area contributed by atoms with Gasteiger partial charge >= 0.3 is 0 Å². The summed E-state index contributed by atoms with van der Waals surface area (Å²) in [5, 5.41) is 6.86. The minimum absolute atomic E-state index is 0.789. The predicted octanol–water partition coefficient (Wildman–Crippen LogP) is 3.58. The lowest BCUT2D eigenvalue weighted by Crippen LogP contribution is -2.40. The van der Waals surface area contributed by atoms with Gasteiger partial charge in [-0.05, 0) is 38.0 Å². The zero-order valence-corrected chi connectivity index (χ0v) is 16.0. The molecule has 0 bridgehead atoms. The summed E-state index contributed by atoms with van der Waals surface area (Å²) in [6, 6.07) is 0. The molecule has 1 fully saturated rings. The maximum Gasteiger partial charge on any atom is 0.193 e. The maximum absolute atomic E-state index is 4.84. The number of nitrogens with zero attached hydrogens (tertiary/aromatic N) is 3. The second kappa shape index (κ2) is 9.26. The molecule has 4 nitrogen and oxygen atoms in total. The molecule has 0 saturated carbocycles. The van der Waals surface area contributed by atoms with Crippen LogP contribution < -0.4 is 5.32 Å². The Hall–Kier alpha value is -1.10. The van der Waals surface area contributed by atoms with Gasteiger partial charge in [-0.25, -0.2) is 4.98 Å². The largest absolute Gasteiger partial charge is 0.357 e. The van der Waals surface area contributed by atoms with E-state index in [1.54, 1.807) is 11.3 Å². The fourth-order valence-electron chi connectivity index (χ4n) is 3.21. The first kappa shape index (κ1) is 18.2. The van der Waals surface area contributed by atoms with Crippen molar-refractivity contribution in [3.63, 3.8) is 0 Å². The first-order valence-corrected chi connectivity index (χ1v) is 9.96. The Morgan fingerprint density at radius 1 is 1.48 bits per heavy atom. The third kappa shape index (κ3) is 5.79. The standard InChI is InChI=1S/C18H32N4S/c1-5-17-21-16(13-23-17)7-9-20-18(19-6-2)22-10-8-15(12-22)11-14(3)4/h13-15H,5-12H2,1-4H3,(H,19,20). The summed E-state index contributed by atoms with van der Waals surface area (Å²) in [5.74, 6) is 2.70. The van der Waals surface area contributed by atoms with Gasteiger partial charge in [0, 0.05) is 38.0 Å². The molecule has 23 heavy (non-hydrogen) atoms. The van der Waals surface area contributed by atoms with Crippen LogP contribution in [-0.2, 0) is 12.8 Å². The van der Waals surface area contributed by atoms with Crippen molar-refractivity contribution in [2.45, 2.75) is 53.4 Å². The molecule has 5 heteroatoms. The molecule has 1 aromatic rings. The Labute approximate surface area is 145 Å². The number of aryl methyl sites for hydroxylation is 1. The quantitative estimate of drug-likeness (QED) is 0.611.